The Morgan fingerprint density at radius 2 is 1.91 bits per heavy atom. The van der Waals surface area contributed by atoms with Crippen molar-refractivity contribution in [2.24, 2.45) is 0 Å². The molecule has 1 aliphatic heterocycles. The number of aliphatic hydroxyl groups is 1. The van der Waals surface area contributed by atoms with Crippen LogP contribution in [-0.2, 0) is 0 Å². The molecular formula is C24H28N6O3. The van der Waals surface area contributed by atoms with Crippen LogP contribution in [0.5, 0.6) is 0 Å². The van der Waals surface area contributed by atoms with E-state index < -0.39 is 6.10 Å². The fourth-order valence-corrected chi connectivity index (χ4v) is 4.89. The van der Waals surface area contributed by atoms with E-state index in [0.29, 0.717) is 24.3 Å². The molecule has 0 spiro atoms. The number of nitrogens with zero attached hydrogens (tertiary/aromatic N) is 5. The summed E-state index contributed by atoms with van der Waals surface area (Å²) in [7, 11) is 0. The first-order valence-corrected chi connectivity index (χ1v) is 11.6. The molecule has 0 bridgehead atoms. The van der Waals surface area contributed by atoms with Crippen molar-refractivity contribution in [3.63, 3.8) is 0 Å². The largest absolute Gasteiger partial charge is 0.391 e. The minimum atomic E-state index is -0.537. The number of carbonyl (C=O) groups is 1. The summed E-state index contributed by atoms with van der Waals surface area (Å²) in [5, 5.41) is 17.9. The van der Waals surface area contributed by atoms with Gasteiger partial charge in [-0.15, -0.1) is 0 Å². The summed E-state index contributed by atoms with van der Waals surface area (Å²) in [6.45, 7) is 1.24. The second kappa shape index (κ2) is 9.27. The van der Waals surface area contributed by atoms with E-state index in [-0.39, 0.29) is 29.2 Å². The summed E-state index contributed by atoms with van der Waals surface area (Å²) in [4.78, 5) is 36.1. The third kappa shape index (κ3) is 4.45. The molecule has 3 heterocycles. The number of aromatic nitrogens is 4. The minimum Gasteiger partial charge on any atom is -0.391 e. The molecule has 9 nitrogen and oxygen atoms in total. The van der Waals surface area contributed by atoms with Gasteiger partial charge in [-0.3, -0.25) is 14.6 Å². The molecule has 1 amide bonds. The molecule has 2 fully saturated rings. The quantitative estimate of drug-likeness (QED) is 0.614. The maximum atomic E-state index is 12.8. The second-order valence-corrected chi connectivity index (χ2v) is 8.84. The van der Waals surface area contributed by atoms with Crippen LogP contribution in [0, 0.1) is 0 Å². The number of benzene rings is 1. The van der Waals surface area contributed by atoms with Crippen LogP contribution in [0.2, 0.25) is 0 Å². The van der Waals surface area contributed by atoms with E-state index in [1.165, 1.54) is 16.9 Å². The summed E-state index contributed by atoms with van der Waals surface area (Å²) in [5.74, 6) is 0.448. The number of carbonyl (C=O) groups excluding carboxylic acids is 1. The van der Waals surface area contributed by atoms with Crippen LogP contribution in [0.15, 0.2) is 47.4 Å². The zero-order valence-corrected chi connectivity index (χ0v) is 18.4. The predicted octanol–water partition coefficient (Wildman–Crippen LogP) is 2.06. The number of para-hydroxylation sites is 2. The number of amides is 1. The number of piperidine rings is 1. The minimum absolute atomic E-state index is 0.0584. The first kappa shape index (κ1) is 21.5. The maximum absolute atomic E-state index is 12.8. The van der Waals surface area contributed by atoms with E-state index in [2.05, 4.69) is 25.3 Å². The van der Waals surface area contributed by atoms with Gasteiger partial charge < -0.3 is 15.3 Å². The van der Waals surface area contributed by atoms with Crippen molar-refractivity contribution in [1.29, 1.82) is 0 Å². The van der Waals surface area contributed by atoms with E-state index in [0.717, 1.165) is 44.2 Å². The van der Waals surface area contributed by atoms with Gasteiger partial charge >= 0.3 is 0 Å². The van der Waals surface area contributed by atoms with Gasteiger partial charge in [-0.25, -0.2) is 9.67 Å². The van der Waals surface area contributed by atoms with Crippen molar-refractivity contribution >= 4 is 22.8 Å². The van der Waals surface area contributed by atoms with E-state index in [4.69, 9.17) is 0 Å². The molecule has 1 saturated carbocycles. The standard InChI is InChI=1S/C24H28N6O3/c31-21-10-5-9-20(21)30-23(32)12-11-22(28-30)29-13-4-3-6-16(29)14-26-24(33)19-15-25-17-7-1-2-8-18(17)27-19/h1-2,7-8,11-12,15-16,20-21,31H,3-6,9-10,13-14H2,(H,26,33). The van der Waals surface area contributed by atoms with Crippen molar-refractivity contribution in [3.8, 4) is 0 Å². The molecule has 2 aromatic heterocycles. The van der Waals surface area contributed by atoms with E-state index >= 15 is 0 Å². The fourth-order valence-electron chi connectivity index (χ4n) is 4.89. The van der Waals surface area contributed by atoms with Crippen LogP contribution in [0.25, 0.3) is 11.0 Å². The van der Waals surface area contributed by atoms with Gasteiger partial charge in [-0.05, 0) is 56.7 Å². The van der Waals surface area contributed by atoms with Crippen LogP contribution in [0.4, 0.5) is 5.82 Å². The molecule has 3 atom stereocenters. The summed E-state index contributed by atoms with van der Waals surface area (Å²) >= 11 is 0. The molecule has 3 unspecified atom stereocenters. The van der Waals surface area contributed by atoms with Crippen LogP contribution in [-0.4, -0.2) is 56.0 Å². The van der Waals surface area contributed by atoms with Gasteiger partial charge in [0, 0.05) is 25.2 Å². The van der Waals surface area contributed by atoms with Crippen molar-refractivity contribution in [1.82, 2.24) is 25.1 Å². The van der Waals surface area contributed by atoms with Crippen LogP contribution < -0.4 is 15.8 Å². The molecular weight excluding hydrogens is 420 g/mol. The molecule has 1 saturated heterocycles. The van der Waals surface area contributed by atoms with Gasteiger partial charge in [0.25, 0.3) is 11.5 Å². The van der Waals surface area contributed by atoms with Gasteiger partial charge in [0.1, 0.15) is 11.5 Å². The molecule has 33 heavy (non-hydrogen) atoms. The number of aliphatic hydroxyl groups excluding tert-OH is 1. The van der Waals surface area contributed by atoms with Crippen molar-refractivity contribution in [2.45, 2.75) is 56.7 Å². The summed E-state index contributed by atoms with van der Waals surface area (Å²) in [6.07, 6.45) is 6.30. The summed E-state index contributed by atoms with van der Waals surface area (Å²) in [6, 6.07) is 10.5. The average Bonchev–Trinajstić information content (AvgIpc) is 3.28. The lowest BCUT2D eigenvalue weighted by atomic mass is 10.0. The second-order valence-electron chi connectivity index (χ2n) is 8.84. The number of hydrogen-bond donors (Lipinski definition) is 2. The number of anilines is 1. The highest BCUT2D eigenvalue weighted by Crippen LogP contribution is 2.29. The molecule has 1 aromatic carbocycles. The molecule has 0 radical (unpaired) electrons. The third-order valence-corrected chi connectivity index (χ3v) is 6.67. The Morgan fingerprint density at radius 1 is 1.06 bits per heavy atom. The van der Waals surface area contributed by atoms with E-state index in [1.807, 2.05) is 24.3 Å². The Bertz CT molecular complexity index is 1210. The average molecular weight is 449 g/mol. The number of rotatable bonds is 5. The Balaban J connectivity index is 1.31. The predicted molar refractivity (Wildman–Crippen MR) is 124 cm³/mol. The maximum Gasteiger partial charge on any atom is 0.271 e. The van der Waals surface area contributed by atoms with Gasteiger partial charge in [0.15, 0.2) is 0 Å². The highest BCUT2D eigenvalue weighted by atomic mass is 16.3. The number of fused-ring (bicyclic) bond motifs is 1. The first-order chi connectivity index (χ1) is 16.1. The number of nitrogens with one attached hydrogen (secondary N) is 1. The smallest absolute Gasteiger partial charge is 0.271 e. The van der Waals surface area contributed by atoms with Gasteiger partial charge in [0.05, 0.1) is 29.4 Å². The molecule has 172 valence electrons. The zero-order chi connectivity index (χ0) is 22.8. The molecule has 5 rings (SSSR count). The molecule has 2 N–H and O–H groups in total. The van der Waals surface area contributed by atoms with Crippen LogP contribution in [0.1, 0.15) is 55.1 Å². The molecule has 1 aliphatic carbocycles. The van der Waals surface area contributed by atoms with Crippen LogP contribution in [0.3, 0.4) is 0 Å². The lowest BCUT2D eigenvalue weighted by molar-refractivity contribution is 0.0944. The molecule has 2 aliphatic rings. The summed E-state index contributed by atoms with van der Waals surface area (Å²) in [5.41, 5.74) is 1.53. The topological polar surface area (TPSA) is 113 Å². The number of hydrogen-bond acceptors (Lipinski definition) is 7. The van der Waals surface area contributed by atoms with Crippen molar-refractivity contribution in [2.75, 3.05) is 18.0 Å². The Kier molecular flexibility index (Phi) is 6.04. The SMILES string of the molecule is O=C(NCC1CCCCN1c1ccc(=O)n(C2CCCC2O)n1)c1cnc2ccccc2n1. The first-order valence-electron chi connectivity index (χ1n) is 11.6. The Labute approximate surface area is 191 Å². The zero-order valence-electron chi connectivity index (χ0n) is 18.4. The Morgan fingerprint density at radius 3 is 2.73 bits per heavy atom. The van der Waals surface area contributed by atoms with Gasteiger partial charge in [-0.1, -0.05) is 12.1 Å². The molecule has 3 aromatic rings. The molecule has 9 heteroatoms. The monoisotopic (exact) mass is 448 g/mol. The summed E-state index contributed by atoms with van der Waals surface area (Å²) < 4.78 is 1.45. The van der Waals surface area contributed by atoms with E-state index in [1.54, 1.807) is 6.07 Å². The van der Waals surface area contributed by atoms with E-state index in [9.17, 15) is 14.7 Å². The highest BCUT2D eigenvalue weighted by molar-refractivity contribution is 5.93. The lowest BCUT2D eigenvalue weighted by Crippen LogP contribution is -2.48. The highest BCUT2D eigenvalue weighted by Gasteiger charge is 2.30. The lowest BCUT2D eigenvalue weighted by Gasteiger charge is -2.37. The Hall–Kier alpha value is -3.33. The van der Waals surface area contributed by atoms with Gasteiger partial charge in [0.2, 0.25) is 0 Å². The van der Waals surface area contributed by atoms with Gasteiger partial charge in [-0.2, -0.15) is 5.10 Å². The van der Waals surface area contributed by atoms with Crippen molar-refractivity contribution in [3.05, 3.63) is 58.6 Å². The third-order valence-electron chi connectivity index (χ3n) is 6.67. The fraction of sp³-hybridized carbons (Fsp3) is 0.458. The van der Waals surface area contributed by atoms with Crippen LogP contribution >= 0.6 is 0 Å². The normalized spacial score (nSPS) is 23.1. The van der Waals surface area contributed by atoms with Crippen molar-refractivity contribution < 1.29 is 9.90 Å².